The Bertz CT molecular complexity index is 947. The molecule has 0 atom stereocenters. The summed E-state index contributed by atoms with van der Waals surface area (Å²) < 4.78 is 5.48. The summed E-state index contributed by atoms with van der Waals surface area (Å²) in [6.07, 6.45) is 4.89. The topological polar surface area (TPSA) is 65.0 Å². The third-order valence-corrected chi connectivity index (χ3v) is 6.29. The molecule has 140 valence electrons. The number of hydrogen-bond donors (Lipinski definition) is 0. The van der Waals surface area contributed by atoms with Crippen LogP contribution >= 0.6 is 11.3 Å². The van der Waals surface area contributed by atoms with Crippen molar-refractivity contribution in [2.45, 2.75) is 52.1 Å². The Morgan fingerprint density at radius 1 is 1.11 bits per heavy atom. The number of benzene rings is 1. The van der Waals surface area contributed by atoms with E-state index in [1.807, 2.05) is 25.1 Å². The lowest BCUT2D eigenvalue weighted by molar-refractivity contribution is 0.0469. The smallest absolute Gasteiger partial charge is 0.338 e. The van der Waals surface area contributed by atoms with E-state index in [-0.39, 0.29) is 12.6 Å². The van der Waals surface area contributed by atoms with Crippen LogP contribution in [0.4, 0.5) is 0 Å². The molecule has 27 heavy (non-hydrogen) atoms. The monoisotopic (exact) mass is 381 g/mol. The third kappa shape index (κ3) is 4.00. The maximum absolute atomic E-state index is 12.2. The number of aryl methyl sites for hydroxylation is 1. The van der Waals surface area contributed by atoms with Crippen molar-refractivity contribution in [3.63, 3.8) is 0 Å². The molecule has 2 heterocycles. The molecule has 0 N–H and O–H groups in total. The third-order valence-electron chi connectivity index (χ3n) is 5.17. The van der Waals surface area contributed by atoms with Crippen LogP contribution in [0.2, 0.25) is 0 Å². The van der Waals surface area contributed by atoms with Crippen LogP contribution in [0, 0.1) is 12.8 Å². The molecule has 1 saturated carbocycles. The van der Waals surface area contributed by atoms with Gasteiger partial charge in [0.1, 0.15) is 28.5 Å². The Morgan fingerprint density at radius 2 is 1.85 bits per heavy atom. The molecule has 1 fully saturated rings. The van der Waals surface area contributed by atoms with Gasteiger partial charge in [0.25, 0.3) is 0 Å². The lowest BCUT2D eigenvalue weighted by Gasteiger charge is -2.24. The van der Waals surface area contributed by atoms with Crippen LogP contribution in [-0.4, -0.2) is 20.9 Å². The van der Waals surface area contributed by atoms with Gasteiger partial charge in [-0.05, 0) is 37.8 Å². The van der Waals surface area contributed by atoms with E-state index in [0.29, 0.717) is 23.0 Å². The molecule has 1 aromatic carbocycles. The molecule has 1 aliphatic carbocycles. The van der Waals surface area contributed by atoms with Gasteiger partial charge in [0.2, 0.25) is 0 Å². The summed E-state index contributed by atoms with van der Waals surface area (Å²) in [6.45, 7) is 4.30. The average molecular weight is 382 g/mol. The number of aromatic nitrogens is 3. The molecule has 1 aliphatic rings. The quantitative estimate of drug-likeness (QED) is 0.592. The van der Waals surface area contributed by atoms with Crippen LogP contribution in [-0.2, 0) is 11.3 Å². The SMILES string of the molecule is Cc1nc(COC(=O)c2ccccc2)c2nc(C3CCC(C)CC3)sc2n1. The molecule has 0 unspecified atom stereocenters. The Balaban J connectivity index is 1.56. The summed E-state index contributed by atoms with van der Waals surface area (Å²) >= 11 is 1.66. The number of nitrogens with zero attached hydrogens (tertiary/aromatic N) is 3. The molecular formula is C21H23N3O2S. The fourth-order valence-corrected chi connectivity index (χ4v) is 4.76. The van der Waals surface area contributed by atoms with Crippen LogP contribution in [0.3, 0.4) is 0 Å². The van der Waals surface area contributed by atoms with Gasteiger partial charge in [-0.15, -0.1) is 0 Å². The molecule has 0 spiro atoms. The summed E-state index contributed by atoms with van der Waals surface area (Å²) in [5.41, 5.74) is 2.00. The number of esters is 1. The Kier molecular flexibility index (Phi) is 5.16. The first-order chi connectivity index (χ1) is 13.1. The molecule has 5 nitrogen and oxygen atoms in total. The number of ether oxygens (including phenoxy) is 1. The Hall–Kier alpha value is -2.34. The zero-order valence-electron chi connectivity index (χ0n) is 15.6. The van der Waals surface area contributed by atoms with Crippen molar-refractivity contribution < 1.29 is 9.53 Å². The van der Waals surface area contributed by atoms with Crippen molar-refractivity contribution in [1.82, 2.24) is 15.0 Å². The number of rotatable bonds is 4. The van der Waals surface area contributed by atoms with E-state index in [9.17, 15) is 4.79 Å². The van der Waals surface area contributed by atoms with Crippen molar-refractivity contribution in [2.75, 3.05) is 0 Å². The van der Waals surface area contributed by atoms with Gasteiger partial charge in [0, 0.05) is 5.92 Å². The van der Waals surface area contributed by atoms with Gasteiger partial charge in [0.05, 0.1) is 10.6 Å². The molecule has 4 rings (SSSR count). The second-order valence-corrected chi connectivity index (χ2v) is 8.33. The second kappa shape index (κ2) is 7.72. The van der Waals surface area contributed by atoms with Gasteiger partial charge in [-0.1, -0.05) is 49.3 Å². The highest BCUT2D eigenvalue weighted by Gasteiger charge is 2.24. The number of carbonyl (C=O) groups excluding carboxylic acids is 1. The van der Waals surface area contributed by atoms with E-state index in [1.54, 1.807) is 23.5 Å². The van der Waals surface area contributed by atoms with Crippen LogP contribution in [0.1, 0.15) is 65.4 Å². The first-order valence-corrected chi connectivity index (χ1v) is 10.3. The average Bonchev–Trinajstić information content (AvgIpc) is 3.11. The van der Waals surface area contributed by atoms with Crippen molar-refractivity contribution in [2.24, 2.45) is 5.92 Å². The van der Waals surface area contributed by atoms with E-state index in [2.05, 4.69) is 16.9 Å². The predicted octanol–water partition coefficient (Wildman–Crippen LogP) is 5.05. The largest absolute Gasteiger partial charge is 0.455 e. The number of thiazole rings is 1. The molecule has 6 heteroatoms. The van der Waals surface area contributed by atoms with Gasteiger partial charge in [0.15, 0.2) is 0 Å². The maximum Gasteiger partial charge on any atom is 0.338 e. The van der Waals surface area contributed by atoms with E-state index in [0.717, 1.165) is 21.3 Å². The fourth-order valence-electron chi connectivity index (χ4n) is 3.59. The molecule has 0 amide bonds. The number of hydrogen-bond acceptors (Lipinski definition) is 6. The van der Waals surface area contributed by atoms with E-state index < -0.39 is 0 Å². The molecule has 3 aromatic rings. The zero-order valence-corrected chi connectivity index (χ0v) is 16.5. The Labute approximate surface area is 162 Å². The van der Waals surface area contributed by atoms with E-state index in [1.165, 1.54) is 25.7 Å². The minimum Gasteiger partial charge on any atom is -0.455 e. The van der Waals surface area contributed by atoms with Crippen molar-refractivity contribution in [3.8, 4) is 0 Å². The number of fused-ring (bicyclic) bond motifs is 1. The molecule has 0 bridgehead atoms. The van der Waals surface area contributed by atoms with Crippen LogP contribution in [0.25, 0.3) is 10.3 Å². The highest BCUT2D eigenvalue weighted by Crippen LogP contribution is 2.38. The van der Waals surface area contributed by atoms with Gasteiger partial charge in [-0.25, -0.2) is 19.7 Å². The molecule has 0 aliphatic heterocycles. The van der Waals surface area contributed by atoms with Crippen LogP contribution < -0.4 is 0 Å². The highest BCUT2D eigenvalue weighted by molar-refractivity contribution is 7.18. The molecule has 2 aromatic heterocycles. The van der Waals surface area contributed by atoms with Gasteiger partial charge in [-0.2, -0.15) is 0 Å². The van der Waals surface area contributed by atoms with Crippen molar-refractivity contribution >= 4 is 27.7 Å². The summed E-state index contributed by atoms with van der Waals surface area (Å²) in [7, 11) is 0. The summed E-state index contributed by atoms with van der Waals surface area (Å²) in [4.78, 5) is 27.0. The van der Waals surface area contributed by atoms with Crippen molar-refractivity contribution in [1.29, 1.82) is 0 Å². The zero-order chi connectivity index (χ0) is 18.8. The predicted molar refractivity (Wildman–Crippen MR) is 106 cm³/mol. The molecule has 0 radical (unpaired) electrons. The fraction of sp³-hybridized carbons (Fsp3) is 0.429. The maximum atomic E-state index is 12.2. The lowest BCUT2D eigenvalue weighted by Crippen LogP contribution is -2.10. The van der Waals surface area contributed by atoms with Crippen LogP contribution in [0.15, 0.2) is 30.3 Å². The van der Waals surface area contributed by atoms with Gasteiger partial charge < -0.3 is 4.74 Å². The minimum atomic E-state index is -0.350. The summed E-state index contributed by atoms with van der Waals surface area (Å²) in [5.74, 6) is 1.66. The van der Waals surface area contributed by atoms with E-state index >= 15 is 0 Å². The number of carbonyl (C=O) groups is 1. The Morgan fingerprint density at radius 3 is 2.59 bits per heavy atom. The normalized spacial score (nSPS) is 19.9. The first-order valence-electron chi connectivity index (χ1n) is 9.46. The minimum absolute atomic E-state index is 0.110. The first kappa shape index (κ1) is 18.0. The van der Waals surface area contributed by atoms with Gasteiger partial charge >= 0.3 is 5.97 Å². The lowest BCUT2D eigenvalue weighted by atomic mass is 9.83. The van der Waals surface area contributed by atoms with Crippen LogP contribution in [0.5, 0.6) is 0 Å². The van der Waals surface area contributed by atoms with Crippen molar-refractivity contribution in [3.05, 3.63) is 52.4 Å². The highest BCUT2D eigenvalue weighted by atomic mass is 32.1. The standard InChI is InChI=1S/C21H23N3O2S/c1-13-8-10-15(11-9-13)19-24-18-17(22-14(2)23-20(18)27-19)12-26-21(25)16-6-4-3-5-7-16/h3-7,13,15H,8-12H2,1-2H3. The molecule has 0 saturated heterocycles. The van der Waals surface area contributed by atoms with E-state index in [4.69, 9.17) is 9.72 Å². The summed E-state index contributed by atoms with van der Waals surface area (Å²) in [5, 5.41) is 1.15. The second-order valence-electron chi connectivity index (χ2n) is 7.32. The van der Waals surface area contributed by atoms with Gasteiger partial charge in [-0.3, -0.25) is 0 Å². The molecular weight excluding hydrogens is 358 g/mol. The summed E-state index contributed by atoms with van der Waals surface area (Å²) in [6, 6.07) is 9.00.